The third kappa shape index (κ3) is 6.30. The summed E-state index contributed by atoms with van der Waals surface area (Å²) >= 11 is 7.65. The van der Waals surface area contributed by atoms with Crippen molar-refractivity contribution in [2.75, 3.05) is 45.1 Å². The molecule has 0 N–H and O–H groups in total. The van der Waals surface area contributed by atoms with E-state index in [2.05, 4.69) is 9.89 Å². The van der Waals surface area contributed by atoms with E-state index in [1.165, 1.54) is 32.4 Å². The summed E-state index contributed by atoms with van der Waals surface area (Å²) in [5.41, 5.74) is 0. The summed E-state index contributed by atoms with van der Waals surface area (Å²) in [6.07, 6.45) is 7.68. The van der Waals surface area contributed by atoms with Gasteiger partial charge in [0, 0.05) is 36.5 Å². The number of halogens is 1. The fourth-order valence-electron chi connectivity index (χ4n) is 6.05. The van der Waals surface area contributed by atoms with Gasteiger partial charge in [0.15, 0.2) is 0 Å². The molecule has 3 saturated heterocycles. The molecule has 2 unspecified atom stereocenters. The first-order chi connectivity index (χ1) is 17.9. The van der Waals surface area contributed by atoms with Crippen molar-refractivity contribution < 1.29 is 17.9 Å². The summed E-state index contributed by atoms with van der Waals surface area (Å²) in [5, 5.41) is 1.35. The normalized spacial score (nSPS) is 26.7. The third-order valence-electron chi connectivity index (χ3n) is 7.99. The van der Waals surface area contributed by atoms with Gasteiger partial charge in [0.1, 0.15) is 6.61 Å². The highest BCUT2D eigenvalue weighted by Crippen LogP contribution is 2.35. The van der Waals surface area contributed by atoms with E-state index < -0.39 is 16.1 Å². The first-order valence-electron chi connectivity index (χ1n) is 13.6. The number of rotatable bonds is 6. The molecule has 0 saturated carbocycles. The molecule has 0 radical (unpaired) electrons. The van der Waals surface area contributed by atoms with E-state index in [0.717, 1.165) is 30.1 Å². The van der Waals surface area contributed by atoms with Gasteiger partial charge < -0.3 is 14.5 Å². The van der Waals surface area contributed by atoms with Crippen LogP contribution in [0.3, 0.4) is 0 Å². The lowest BCUT2D eigenvalue weighted by atomic mass is 9.99. The lowest BCUT2D eigenvalue weighted by Crippen LogP contribution is -2.54. The van der Waals surface area contributed by atoms with Crippen LogP contribution < -0.4 is 0 Å². The predicted molar refractivity (Wildman–Crippen MR) is 148 cm³/mol. The quantitative estimate of drug-likeness (QED) is 0.503. The molecule has 1 aromatic carbocycles. The van der Waals surface area contributed by atoms with Crippen LogP contribution in [0, 0.1) is 0 Å². The van der Waals surface area contributed by atoms with Crippen molar-refractivity contribution >= 4 is 44.5 Å². The van der Waals surface area contributed by atoms with Crippen LogP contribution in [0.25, 0.3) is 0 Å². The molecule has 0 bridgehead atoms. The average Bonchev–Trinajstić information content (AvgIpc) is 3.47. The van der Waals surface area contributed by atoms with Gasteiger partial charge in [-0.1, -0.05) is 18.0 Å². The maximum atomic E-state index is 13.9. The monoisotopic (exact) mass is 568 g/mol. The molecule has 204 valence electrons. The first kappa shape index (κ1) is 27.2. The van der Waals surface area contributed by atoms with E-state index >= 15 is 0 Å². The second kappa shape index (κ2) is 12.2. The van der Waals surface area contributed by atoms with Gasteiger partial charge in [-0.25, -0.2) is 13.2 Å². The number of amides is 1. The largest absolute Gasteiger partial charge is 0.448 e. The molecule has 8 nitrogen and oxygen atoms in total. The highest BCUT2D eigenvalue weighted by atomic mass is 35.5. The van der Waals surface area contributed by atoms with Crippen molar-refractivity contribution in [1.29, 1.82) is 0 Å². The Bertz CT molecular complexity index is 1070. The SMILES string of the molecule is O=C(OCC1CCCC(C2=NCCS2)N1S(=O)(=O)c1ccc(Cl)cc1)N1CCC(N2CCCCC2)CC1. The molecule has 37 heavy (non-hydrogen) atoms. The highest BCUT2D eigenvalue weighted by molar-refractivity contribution is 8.14. The van der Waals surface area contributed by atoms with Crippen LogP contribution in [-0.4, -0.2) is 96.9 Å². The van der Waals surface area contributed by atoms with Gasteiger partial charge in [0.25, 0.3) is 0 Å². The number of thioether (sulfide) groups is 1. The smallest absolute Gasteiger partial charge is 0.409 e. The number of sulfonamides is 1. The molecule has 4 aliphatic heterocycles. The van der Waals surface area contributed by atoms with E-state index in [9.17, 15) is 13.2 Å². The molecule has 2 atom stereocenters. The first-order valence-corrected chi connectivity index (χ1v) is 16.4. The molecular weight excluding hydrogens is 532 g/mol. The minimum Gasteiger partial charge on any atom is -0.448 e. The Morgan fingerprint density at radius 3 is 2.41 bits per heavy atom. The van der Waals surface area contributed by atoms with E-state index in [4.69, 9.17) is 16.3 Å². The zero-order valence-electron chi connectivity index (χ0n) is 21.3. The van der Waals surface area contributed by atoms with Crippen molar-refractivity contribution in [1.82, 2.24) is 14.1 Å². The minimum absolute atomic E-state index is 0.0478. The predicted octanol–water partition coefficient (Wildman–Crippen LogP) is 4.48. The highest BCUT2D eigenvalue weighted by Gasteiger charge is 2.43. The van der Waals surface area contributed by atoms with Crippen LogP contribution in [0.15, 0.2) is 34.2 Å². The Morgan fingerprint density at radius 2 is 1.73 bits per heavy atom. The third-order valence-corrected chi connectivity index (χ3v) is 11.3. The standard InChI is InChI=1S/C26H37ClN4O4S2/c27-20-7-9-23(10-8-20)37(33,34)31-22(5-4-6-24(31)25-28-13-18-36-25)19-35-26(32)30-16-11-21(12-17-30)29-14-2-1-3-15-29/h7-10,21-22,24H,1-6,11-19H2. The number of aliphatic imine (C=N–C) groups is 1. The summed E-state index contributed by atoms with van der Waals surface area (Å²) < 4.78 is 35.1. The Balaban J connectivity index is 1.25. The maximum Gasteiger partial charge on any atom is 0.409 e. The fourth-order valence-corrected chi connectivity index (χ4v) is 9.06. The number of hydrogen-bond acceptors (Lipinski definition) is 7. The van der Waals surface area contributed by atoms with Crippen LogP contribution in [0.4, 0.5) is 4.79 Å². The number of ether oxygens (including phenoxy) is 1. The molecule has 4 heterocycles. The summed E-state index contributed by atoms with van der Waals surface area (Å²) in [6.45, 7) is 4.46. The number of benzene rings is 1. The second-order valence-electron chi connectivity index (χ2n) is 10.3. The minimum atomic E-state index is -3.84. The molecular formula is C26H37ClN4O4S2. The molecule has 3 fully saturated rings. The van der Waals surface area contributed by atoms with Crippen molar-refractivity contribution in [2.45, 2.75) is 74.4 Å². The van der Waals surface area contributed by atoms with Crippen molar-refractivity contribution in [3.8, 4) is 0 Å². The number of carbonyl (C=O) groups is 1. The van der Waals surface area contributed by atoms with E-state index in [1.807, 2.05) is 0 Å². The van der Waals surface area contributed by atoms with E-state index in [0.29, 0.717) is 43.5 Å². The Labute approximate surface area is 229 Å². The molecule has 0 aromatic heterocycles. The Kier molecular flexibility index (Phi) is 9.01. The van der Waals surface area contributed by atoms with Gasteiger partial charge in [-0.15, -0.1) is 11.8 Å². The van der Waals surface area contributed by atoms with Crippen LogP contribution >= 0.6 is 23.4 Å². The number of carbonyl (C=O) groups excluding carboxylic acids is 1. The van der Waals surface area contributed by atoms with E-state index in [1.54, 1.807) is 45.2 Å². The number of nitrogens with zero attached hydrogens (tertiary/aromatic N) is 4. The van der Waals surface area contributed by atoms with Gasteiger partial charge in [0.05, 0.1) is 22.0 Å². The lowest BCUT2D eigenvalue weighted by Gasteiger charge is -2.41. The van der Waals surface area contributed by atoms with Crippen LogP contribution in [0.1, 0.15) is 51.4 Å². The van der Waals surface area contributed by atoms with Gasteiger partial charge in [0.2, 0.25) is 10.0 Å². The summed E-state index contributed by atoms with van der Waals surface area (Å²) in [4.78, 5) is 22.2. The molecule has 0 aliphatic carbocycles. The van der Waals surface area contributed by atoms with Gasteiger partial charge in [-0.2, -0.15) is 4.31 Å². The Morgan fingerprint density at radius 1 is 1.00 bits per heavy atom. The topological polar surface area (TPSA) is 82.5 Å². The summed E-state index contributed by atoms with van der Waals surface area (Å²) in [6, 6.07) is 6.07. The second-order valence-corrected chi connectivity index (χ2v) is 13.7. The number of hydrogen-bond donors (Lipinski definition) is 0. The molecule has 1 aromatic rings. The fraction of sp³-hybridized carbons (Fsp3) is 0.692. The van der Waals surface area contributed by atoms with Crippen LogP contribution in [0.5, 0.6) is 0 Å². The van der Waals surface area contributed by atoms with Gasteiger partial charge in [-0.3, -0.25) is 4.99 Å². The number of likely N-dealkylation sites (tertiary alicyclic amines) is 2. The van der Waals surface area contributed by atoms with Crippen molar-refractivity contribution in [3.63, 3.8) is 0 Å². The van der Waals surface area contributed by atoms with Gasteiger partial charge >= 0.3 is 6.09 Å². The zero-order chi connectivity index (χ0) is 25.8. The van der Waals surface area contributed by atoms with E-state index in [-0.39, 0.29) is 23.6 Å². The summed E-state index contributed by atoms with van der Waals surface area (Å²) in [5.74, 6) is 0.869. The zero-order valence-corrected chi connectivity index (χ0v) is 23.7. The van der Waals surface area contributed by atoms with Gasteiger partial charge in [-0.05, 0) is 82.3 Å². The van der Waals surface area contributed by atoms with Crippen LogP contribution in [-0.2, 0) is 14.8 Å². The van der Waals surface area contributed by atoms with Crippen molar-refractivity contribution in [2.24, 2.45) is 4.99 Å². The average molecular weight is 569 g/mol. The van der Waals surface area contributed by atoms with Crippen molar-refractivity contribution in [3.05, 3.63) is 29.3 Å². The molecule has 4 aliphatic rings. The molecule has 0 spiro atoms. The maximum absolute atomic E-state index is 13.9. The Hall–Kier alpha value is -1.33. The van der Waals surface area contributed by atoms with Crippen LogP contribution in [0.2, 0.25) is 5.02 Å². The lowest BCUT2D eigenvalue weighted by molar-refractivity contribution is 0.0495. The molecule has 1 amide bonds. The number of piperidine rings is 3. The summed E-state index contributed by atoms with van der Waals surface area (Å²) in [7, 11) is -3.84. The molecule has 5 rings (SSSR count). The molecule has 11 heteroatoms.